The van der Waals surface area contributed by atoms with Gasteiger partial charge < -0.3 is 10.2 Å². The summed E-state index contributed by atoms with van der Waals surface area (Å²) in [4.78, 5) is 1.78. The molecule has 25 heavy (non-hydrogen) atoms. The van der Waals surface area contributed by atoms with Gasteiger partial charge >= 0.3 is 0 Å². The zero-order valence-electron chi connectivity index (χ0n) is 14.1. The van der Waals surface area contributed by atoms with E-state index in [9.17, 15) is 14.6 Å². The van der Waals surface area contributed by atoms with Crippen LogP contribution in [0, 0.1) is 17.1 Å². The number of aliphatic hydroxyl groups excluding tert-OH is 2. The molecule has 0 bridgehead atoms. The normalized spacial score (nSPS) is 12.1. The fourth-order valence-corrected chi connectivity index (χ4v) is 2.72. The fraction of sp³-hybridized carbons (Fsp3) is 0.350. The van der Waals surface area contributed by atoms with Crippen LogP contribution in [-0.4, -0.2) is 34.8 Å². The highest BCUT2D eigenvalue weighted by atomic mass is 19.1. The first-order valence-corrected chi connectivity index (χ1v) is 8.41. The highest BCUT2D eigenvalue weighted by Gasteiger charge is 2.16. The third kappa shape index (κ3) is 5.95. The van der Waals surface area contributed by atoms with Crippen molar-refractivity contribution < 1.29 is 14.6 Å². The maximum Gasteiger partial charge on any atom is 0.133 e. The molecule has 0 aliphatic carbocycles. The summed E-state index contributed by atoms with van der Waals surface area (Å²) in [6, 6.07) is 15.4. The van der Waals surface area contributed by atoms with E-state index in [-0.39, 0.29) is 12.4 Å². The van der Waals surface area contributed by atoms with Gasteiger partial charge in [-0.1, -0.05) is 24.3 Å². The molecule has 1 atom stereocenters. The van der Waals surface area contributed by atoms with E-state index < -0.39 is 6.23 Å². The molecule has 0 radical (unpaired) electrons. The molecular weight excluding hydrogens is 319 g/mol. The lowest BCUT2D eigenvalue weighted by Crippen LogP contribution is -2.32. The Kier molecular flexibility index (Phi) is 7.55. The summed E-state index contributed by atoms with van der Waals surface area (Å²) in [5.74, 6) is -0.341. The van der Waals surface area contributed by atoms with Gasteiger partial charge in [-0.15, -0.1) is 0 Å². The summed E-state index contributed by atoms with van der Waals surface area (Å²) in [6.45, 7) is 0.943. The first-order chi connectivity index (χ1) is 12.1. The largest absolute Gasteiger partial charge is 0.395 e. The minimum absolute atomic E-state index is 0.0477. The average Bonchev–Trinajstić information content (AvgIpc) is 2.65. The predicted molar refractivity (Wildman–Crippen MR) is 94.1 cm³/mol. The number of nitriles is 1. The Balaban J connectivity index is 1.84. The number of nitrogens with zero attached hydrogens (tertiary/aromatic N) is 2. The van der Waals surface area contributed by atoms with Crippen molar-refractivity contribution in [1.82, 2.24) is 4.90 Å². The van der Waals surface area contributed by atoms with Crippen LogP contribution in [0.15, 0.2) is 48.5 Å². The van der Waals surface area contributed by atoms with Gasteiger partial charge in [-0.25, -0.2) is 4.39 Å². The molecule has 132 valence electrons. The van der Waals surface area contributed by atoms with E-state index in [0.29, 0.717) is 24.2 Å². The van der Waals surface area contributed by atoms with E-state index in [1.165, 1.54) is 17.7 Å². The van der Waals surface area contributed by atoms with Crippen molar-refractivity contribution in [3.63, 3.8) is 0 Å². The Hall–Kier alpha value is -2.26. The number of rotatable bonds is 9. The van der Waals surface area contributed by atoms with Crippen molar-refractivity contribution in [2.24, 2.45) is 0 Å². The summed E-state index contributed by atoms with van der Waals surface area (Å²) in [6.07, 6.45) is 1.83. The third-order valence-corrected chi connectivity index (χ3v) is 4.15. The van der Waals surface area contributed by atoms with Crippen LogP contribution >= 0.6 is 0 Å². The summed E-state index contributed by atoms with van der Waals surface area (Å²) in [5, 5.41) is 28.5. The summed E-state index contributed by atoms with van der Waals surface area (Å²) in [5.41, 5.74) is 2.44. The molecule has 2 N–H and O–H groups in total. The molecule has 0 aliphatic rings. The molecule has 0 saturated carbocycles. The monoisotopic (exact) mass is 342 g/mol. The number of halogens is 1. The van der Waals surface area contributed by atoms with E-state index in [1.54, 1.807) is 17.0 Å². The minimum atomic E-state index is -0.859. The molecule has 0 spiro atoms. The number of hydrogen-bond acceptors (Lipinski definition) is 4. The Morgan fingerprint density at radius 2 is 1.68 bits per heavy atom. The summed E-state index contributed by atoms with van der Waals surface area (Å²) in [7, 11) is 0. The van der Waals surface area contributed by atoms with Gasteiger partial charge in [0.05, 0.1) is 18.2 Å². The zero-order chi connectivity index (χ0) is 18.1. The Morgan fingerprint density at radius 1 is 1.00 bits per heavy atom. The molecule has 2 aromatic carbocycles. The van der Waals surface area contributed by atoms with E-state index in [1.807, 2.05) is 24.3 Å². The van der Waals surface area contributed by atoms with Crippen LogP contribution in [0.1, 0.15) is 35.8 Å². The maximum absolute atomic E-state index is 13.0. The molecule has 4 nitrogen and oxygen atoms in total. The molecule has 1 unspecified atom stereocenters. The van der Waals surface area contributed by atoms with Crippen molar-refractivity contribution in [3.05, 3.63) is 71.0 Å². The van der Waals surface area contributed by atoms with Gasteiger partial charge in [0, 0.05) is 13.1 Å². The van der Waals surface area contributed by atoms with Crippen molar-refractivity contribution in [2.45, 2.75) is 25.5 Å². The molecule has 2 aromatic rings. The first kappa shape index (κ1) is 19.1. The van der Waals surface area contributed by atoms with Crippen molar-refractivity contribution in [3.8, 4) is 6.07 Å². The lowest BCUT2D eigenvalue weighted by atomic mass is 10.1. The van der Waals surface area contributed by atoms with E-state index in [4.69, 9.17) is 5.26 Å². The lowest BCUT2D eigenvalue weighted by molar-refractivity contribution is -0.00854. The Bertz CT molecular complexity index is 680. The second-order valence-corrected chi connectivity index (χ2v) is 5.95. The number of benzene rings is 2. The van der Waals surface area contributed by atoms with Gasteiger partial charge in [-0.05, 0) is 54.7 Å². The third-order valence-electron chi connectivity index (χ3n) is 4.15. The predicted octanol–water partition coefficient (Wildman–Crippen LogP) is 3.01. The fourth-order valence-electron chi connectivity index (χ4n) is 2.72. The van der Waals surface area contributed by atoms with Crippen LogP contribution in [0.5, 0.6) is 0 Å². The highest BCUT2D eigenvalue weighted by molar-refractivity contribution is 5.31. The van der Waals surface area contributed by atoms with E-state index in [0.717, 1.165) is 19.3 Å². The van der Waals surface area contributed by atoms with Gasteiger partial charge in [0.15, 0.2) is 0 Å². The van der Waals surface area contributed by atoms with Crippen LogP contribution in [0.25, 0.3) is 0 Å². The summed E-state index contributed by atoms with van der Waals surface area (Å²) >= 11 is 0. The van der Waals surface area contributed by atoms with Gasteiger partial charge in [-0.3, -0.25) is 4.90 Å². The van der Waals surface area contributed by atoms with Gasteiger partial charge in [0.2, 0.25) is 0 Å². The van der Waals surface area contributed by atoms with Crippen LogP contribution < -0.4 is 0 Å². The first-order valence-electron chi connectivity index (χ1n) is 8.41. The highest BCUT2D eigenvalue weighted by Crippen LogP contribution is 2.19. The van der Waals surface area contributed by atoms with E-state index >= 15 is 0 Å². The van der Waals surface area contributed by atoms with Crippen LogP contribution in [0.3, 0.4) is 0 Å². The molecule has 0 aromatic heterocycles. The van der Waals surface area contributed by atoms with E-state index in [2.05, 4.69) is 6.07 Å². The van der Waals surface area contributed by atoms with Crippen LogP contribution in [-0.2, 0) is 6.42 Å². The second kappa shape index (κ2) is 9.90. The number of aryl methyl sites for hydroxylation is 1. The molecule has 0 saturated heterocycles. The van der Waals surface area contributed by atoms with Crippen LogP contribution in [0.2, 0.25) is 0 Å². The molecule has 0 fully saturated rings. The smallest absolute Gasteiger partial charge is 0.133 e. The van der Waals surface area contributed by atoms with Gasteiger partial charge in [-0.2, -0.15) is 5.26 Å². The van der Waals surface area contributed by atoms with Crippen molar-refractivity contribution in [1.29, 1.82) is 5.26 Å². The zero-order valence-corrected chi connectivity index (χ0v) is 14.1. The molecule has 0 aliphatic heterocycles. The molecule has 0 heterocycles. The molecule has 2 rings (SSSR count). The number of aliphatic hydroxyl groups is 2. The Labute approximate surface area is 147 Å². The standard InChI is InChI=1S/C20H23FN2O2/c21-19-10-8-18(9-11-19)20(25)23(13-14-24)12-2-1-3-16-4-6-17(15-22)7-5-16/h4-11,20,24-25H,1-3,12-14H2. The average molecular weight is 342 g/mol. The molecular formula is C20H23FN2O2. The van der Waals surface area contributed by atoms with Gasteiger partial charge in [0.1, 0.15) is 12.0 Å². The maximum atomic E-state index is 13.0. The molecule has 5 heteroatoms. The Morgan fingerprint density at radius 3 is 2.28 bits per heavy atom. The minimum Gasteiger partial charge on any atom is -0.395 e. The van der Waals surface area contributed by atoms with Crippen molar-refractivity contribution in [2.75, 3.05) is 19.7 Å². The SMILES string of the molecule is N#Cc1ccc(CCCCN(CCO)C(O)c2ccc(F)cc2)cc1. The summed E-state index contributed by atoms with van der Waals surface area (Å²) < 4.78 is 13.0. The lowest BCUT2D eigenvalue weighted by Gasteiger charge is -2.27. The van der Waals surface area contributed by atoms with Crippen molar-refractivity contribution >= 4 is 0 Å². The topological polar surface area (TPSA) is 67.5 Å². The van der Waals surface area contributed by atoms with Gasteiger partial charge in [0.25, 0.3) is 0 Å². The number of unbranched alkanes of at least 4 members (excludes halogenated alkanes) is 1. The quantitative estimate of drug-likeness (QED) is 0.543. The molecule has 0 amide bonds. The van der Waals surface area contributed by atoms with Crippen LogP contribution in [0.4, 0.5) is 4.39 Å². The number of hydrogen-bond donors (Lipinski definition) is 2. The second-order valence-electron chi connectivity index (χ2n) is 5.95.